The minimum atomic E-state index is 0.127. The van der Waals surface area contributed by atoms with Crippen LogP contribution in [0.4, 0.5) is 0 Å². The molecule has 1 saturated heterocycles. The van der Waals surface area contributed by atoms with E-state index < -0.39 is 0 Å². The van der Waals surface area contributed by atoms with Gasteiger partial charge in [0.25, 0.3) is 5.91 Å². The van der Waals surface area contributed by atoms with Gasteiger partial charge >= 0.3 is 0 Å². The van der Waals surface area contributed by atoms with Crippen molar-refractivity contribution in [3.8, 4) is 0 Å². The first-order valence-corrected chi connectivity index (χ1v) is 11.4. The van der Waals surface area contributed by atoms with Crippen molar-refractivity contribution in [3.05, 3.63) is 21.4 Å². The molecule has 4 rings (SSSR count). The summed E-state index contributed by atoms with van der Waals surface area (Å²) in [5, 5.41) is 3.16. The number of nitrogens with zero attached hydrogens (tertiary/aromatic N) is 2. The van der Waals surface area contributed by atoms with Gasteiger partial charge in [-0.1, -0.05) is 26.2 Å². The first kappa shape index (κ1) is 18.5. The largest absolute Gasteiger partial charge is 0.350 e. The molecule has 0 bridgehead atoms. The number of hydrogen-bond acceptors (Lipinski definition) is 4. The van der Waals surface area contributed by atoms with Gasteiger partial charge in [0.05, 0.1) is 4.88 Å². The van der Waals surface area contributed by atoms with Gasteiger partial charge < -0.3 is 5.32 Å². The molecule has 1 saturated carbocycles. The Morgan fingerprint density at radius 2 is 2.00 bits per heavy atom. The highest BCUT2D eigenvalue weighted by molar-refractivity contribution is 7.14. The summed E-state index contributed by atoms with van der Waals surface area (Å²) in [5.41, 5.74) is 1.40. The van der Waals surface area contributed by atoms with Crippen LogP contribution in [0.2, 0.25) is 0 Å². The van der Waals surface area contributed by atoms with Crippen LogP contribution in [0.25, 0.3) is 0 Å². The van der Waals surface area contributed by atoms with Gasteiger partial charge in [-0.25, -0.2) is 0 Å². The Bertz CT molecular complexity index is 599. The molecule has 1 aliphatic carbocycles. The lowest BCUT2D eigenvalue weighted by molar-refractivity contribution is 0.0938. The summed E-state index contributed by atoms with van der Waals surface area (Å²) in [6, 6.07) is 3.65. The van der Waals surface area contributed by atoms with Crippen LogP contribution in [0.5, 0.6) is 0 Å². The smallest absolute Gasteiger partial charge is 0.261 e. The molecule has 1 aromatic rings. The van der Waals surface area contributed by atoms with Crippen molar-refractivity contribution in [2.75, 3.05) is 19.6 Å². The Hall–Kier alpha value is -0.910. The van der Waals surface area contributed by atoms with Crippen LogP contribution in [0.1, 0.15) is 78.4 Å². The number of fused-ring (bicyclic) bond motifs is 1. The molecule has 4 nitrogen and oxygen atoms in total. The molecular weight excluding hydrogens is 342 g/mol. The maximum atomic E-state index is 12.5. The summed E-state index contributed by atoms with van der Waals surface area (Å²) in [7, 11) is 0. The van der Waals surface area contributed by atoms with Crippen LogP contribution in [-0.4, -0.2) is 47.4 Å². The zero-order valence-corrected chi connectivity index (χ0v) is 17.0. The molecule has 5 heteroatoms. The maximum absolute atomic E-state index is 12.5. The van der Waals surface area contributed by atoms with E-state index in [0.717, 1.165) is 37.1 Å². The van der Waals surface area contributed by atoms with E-state index in [1.54, 1.807) is 11.3 Å². The predicted octanol–water partition coefficient (Wildman–Crippen LogP) is 4.00. The molecule has 144 valence electrons. The molecular formula is C21H33N3OS. The third-order valence-electron chi connectivity index (χ3n) is 6.59. The standard InChI is InChI=1S/C21H33N3OS/c1-2-17-7-5-6-11-23(17)12-10-22-21(25)19-13-16-14-24(15-20(16)26-19)18-8-3-4-9-18/h13,17-18H,2-12,14-15H2,1H3,(H,22,25)/t17-/m1/s1. The van der Waals surface area contributed by atoms with Crippen molar-refractivity contribution in [1.82, 2.24) is 15.1 Å². The zero-order chi connectivity index (χ0) is 17.9. The van der Waals surface area contributed by atoms with Crippen molar-refractivity contribution in [1.29, 1.82) is 0 Å². The molecule has 0 aromatic carbocycles. The molecule has 0 unspecified atom stereocenters. The number of piperidine rings is 1. The van der Waals surface area contributed by atoms with Gasteiger partial charge in [-0.05, 0) is 50.3 Å². The number of carbonyl (C=O) groups excluding carboxylic acids is 1. The molecule has 0 spiro atoms. The molecule has 3 heterocycles. The second-order valence-corrected chi connectivity index (χ2v) is 9.39. The zero-order valence-electron chi connectivity index (χ0n) is 16.1. The lowest BCUT2D eigenvalue weighted by Crippen LogP contribution is -2.43. The average Bonchev–Trinajstić information content (AvgIpc) is 3.37. The fraction of sp³-hybridized carbons (Fsp3) is 0.762. The highest BCUT2D eigenvalue weighted by Crippen LogP contribution is 2.35. The topological polar surface area (TPSA) is 35.6 Å². The lowest BCUT2D eigenvalue weighted by Gasteiger charge is -2.35. The molecule has 1 atom stereocenters. The van der Waals surface area contributed by atoms with Crippen molar-refractivity contribution in [2.45, 2.75) is 83.5 Å². The number of amides is 1. The van der Waals surface area contributed by atoms with Crippen LogP contribution in [0.15, 0.2) is 6.07 Å². The van der Waals surface area contributed by atoms with Crippen molar-refractivity contribution in [3.63, 3.8) is 0 Å². The molecule has 0 radical (unpaired) electrons. The van der Waals surface area contributed by atoms with Gasteiger partial charge in [-0.3, -0.25) is 14.6 Å². The van der Waals surface area contributed by atoms with E-state index in [-0.39, 0.29) is 5.91 Å². The number of rotatable bonds is 6. The Morgan fingerprint density at radius 1 is 1.19 bits per heavy atom. The molecule has 1 N–H and O–H groups in total. The molecule has 1 aromatic heterocycles. The van der Waals surface area contributed by atoms with Gasteiger partial charge in [-0.2, -0.15) is 0 Å². The first-order chi connectivity index (χ1) is 12.7. The van der Waals surface area contributed by atoms with Crippen LogP contribution in [-0.2, 0) is 13.1 Å². The fourth-order valence-electron chi connectivity index (χ4n) is 5.05. The maximum Gasteiger partial charge on any atom is 0.261 e. The van der Waals surface area contributed by atoms with Gasteiger partial charge in [0, 0.05) is 43.1 Å². The summed E-state index contributed by atoms with van der Waals surface area (Å²) in [6.07, 6.45) is 10.7. The number of hydrogen-bond donors (Lipinski definition) is 1. The van der Waals surface area contributed by atoms with Crippen molar-refractivity contribution in [2.24, 2.45) is 0 Å². The van der Waals surface area contributed by atoms with E-state index in [4.69, 9.17) is 0 Å². The first-order valence-electron chi connectivity index (χ1n) is 10.6. The highest BCUT2D eigenvalue weighted by Gasteiger charge is 2.30. The van der Waals surface area contributed by atoms with Gasteiger partial charge in [0.15, 0.2) is 0 Å². The Balaban J connectivity index is 1.25. The van der Waals surface area contributed by atoms with Crippen molar-refractivity contribution >= 4 is 17.2 Å². The van der Waals surface area contributed by atoms with E-state index in [2.05, 4.69) is 28.1 Å². The highest BCUT2D eigenvalue weighted by atomic mass is 32.1. The predicted molar refractivity (Wildman–Crippen MR) is 108 cm³/mol. The quantitative estimate of drug-likeness (QED) is 0.816. The summed E-state index contributed by atoms with van der Waals surface area (Å²) in [5.74, 6) is 0.127. The van der Waals surface area contributed by atoms with E-state index in [9.17, 15) is 4.79 Å². The van der Waals surface area contributed by atoms with E-state index in [0.29, 0.717) is 6.04 Å². The molecule has 1 amide bonds. The Morgan fingerprint density at radius 3 is 2.77 bits per heavy atom. The SMILES string of the molecule is CC[C@@H]1CCCCN1CCNC(=O)c1cc2c(s1)CN(C1CCCC1)C2. The van der Waals surface area contributed by atoms with Crippen LogP contribution in [0, 0.1) is 0 Å². The minimum absolute atomic E-state index is 0.127. The molecule has 3 aliphatic rings. The van der Waals surface area contributed by atoms with Gasteiger partial charge in [0.1, 0.15) is 0 Å². The monoisotopic (exact) mass is 375 g/mol. The second kappa shape index (κ2) is 8.41. The minimum Gasteiger partial charge on any atom is -0.350 e. The molecule has 2 fully saturated rings. The number of likely N-dealkylation sites (tertiary alicyclic amines) is 1. The molecule has 26 heavy (non-hydrogen) atoms. The number of thiophene rings is 1. The van der Waals surface area contributed by atoms with Crippen LogP contribution >= 0.6 is 11.3 Å². The number of nitrogens with one attached hydrogen (secondary N) is 1. The number of carbonyl (C=O) groups is 1. The molecule has 2 aliphatic heterocycles. The summed E-state index contributed by atoms with van der Waals surface area (Å²) in [6.45, 7) is 7.35. The van der Waals surface area contributed by atoms with Crippen LogP contribution < -0.4 is 5.32 Å². The summed E-state index contributed by atoms with van der Waals surface area (Å²) >= 11 is 1.72. The Labute approximate surface area is 161 Å². The average molecular weight is 376 g/mol. The Kier molecular flexibility index (Phi) is 5.97. The third-order valence-corrected chi connectivity index (χ3v) is 7.75. The summed E-state index contributed by atoms with van der Waals surface area (Å²) < 4.78 is 0. The normalized spacial score (nSPS) is 24.9. The van der Waals surface area contributed by atoms with Crippen LogP contribution in [0.3, 0.4) is 0 Å². The van der Waals surface area contributed by atoms with Gasteiger partial charge in [-0.15, -0.1) is 11.3 Å². The second-order valence-electron chi connectivity index (χ2n) is 8.25. The van der Waals surface area contributed by atoms with E-state index in [1.807, 2.05) is 0 Å². The summed E-state index contributed by atoms with van der Waals surface area (Å²) in [4.78, 5) is 20.1. The lowest BCUT2D eigenvalue weighted by atomic mass is 10.0. The van der Waals surface area contributed by atoms with E-state index in [1.165, 1.54) is 68.4 Å². The van der Waals surface area contributed by atoms with E-state index >= 15 is 0 Å². The van der Waals surface area contributed by atoms with Gasteiger partial charge in [0.2, 0.25) is 0 Å². The van der Waals surface area contributed by atoms with Crippen molar-refractivity contribution < 1.29 is 4.79 Å². The third kappa shape index (κ3) is 4.00. The fourth-order valence-corrected chi connectivity index (χ4v) is 6.17.